The minimum absolute atomic E-state index is 0.209. The van der Waals surface area contributed by atoms with Gasteiger partial charge in [-0.3, -0.25) is 0 Å². The van der Waals surface area contributed by atoms with Crippen molar-refractivity contribution in [2.45, 2.75) is 25.9 Å². The molecule has 2 aromatic rings. The number of primary amides is 1. The Hall–Kier alpha value is -2.43. The number of nitrogens with two attached hydrogens (primary N) is 1. The lowest BCUT2D eigenvalue weighted by atomic mass is 9.92. The molecule has 2 rings (SSSR count). The molecule has 122 valence electrons. The van der Waals surface area contributed by atoms with Gasteiger partial charge in [0.2, 0.25) is 0 Å². The molecular weight excluding hydrogens is 300 g/mol. The molecule has 0 spiro atoms. The number of carbonyl (C=O) groups is 1. The van der Waals surface area contributed by atoms with Gasteiger partial charge in [-0.25, -0.2) is 4.79 Å². The summed E-state index contributed by atoms with van der Waals surface area (Å²) >= 11 is 0. The molecule has 0 aliphatic carbocycles. The quantitative estimate of drug-likeness (QED) is 0.878. The van der Waals surface area contributed by atoms with E-state index in [0.717, 1.165) is 5.56 Å². The average molecular weight is 319 g/mol. The van der Waals surface area contributed by atoms with Gasteiger partial charge >= 0.3 is 12.0 Å². The van der Waals surface area contributed by atoms with Gasteiger partial charge in [-0.1, -0.05) is 62.4 Å². The molecule has 3 nitrogen and oxygen atoms in total. The second-order valence-corrected chi connectivity index (χ2v) is 5.67. The van der Waals surface area contributed by atoms with Crippen molar-refractivity contribution in [2.24, 2.45) is 11.7 Å². The van der Waals surface area contributed by atoms with Gasteiger partial charge in [0.15, 0.2) is 6.10 Å². The predicted octanol–water partition coefficient (Wildman–Crippen LogP) is 4.57. The summed E-state index contributed by atoms with van der Waals surface area (Å²) in [5, 5.41) is 0. The molecule has 1 amide bonds. The maximum atomic E-state index is 14.8. The Bertz CT molecular complexity index is 672. The molecule has 2 N–H and O–H groups in total. The van der Waals surface area contributed by atoms with Crippen LogP contribution in [0.2, 0.25) is 0 Å². The lowest BCUT2D eigenvalue weighted by Gasteiger charge is -2.29. The molecule has 1 atom stereocenters. The van der Waals surface area contributed by atoms with Crippen LogP contribution >= 0.6 is 0 Å². The van der Waals surface area contributed by atoms with Crippen LogP contribution in [0.5, 0.6) is 0 Å². The molecule has 0 unspecified atom stereocenters. The Balaban J connectivity index is 2.41. The van der Waals surface area contributed by atoms with E-state index in [0.29, 0.717) is 5.56 Å². The molecule has 0 saturated heterocycles. The van der Waals surface area contributed by atoms with Crippen molar-refractivity contribution in [1.82, 2.24) is 0 Å². The smallest absolute Gasteiger partial charge is 0.405 e. The van der Waals surface area contributed by atoms with E-state index >= 15 is 0 Å². The molecule has 5 heteroatoms. The molecule has 2 aromatic carbocycles. The number of carbonyl (C=O) groups excluding carboxylic acids is 1. The summed E-state index contributed by atoms with van der Waals surface area (Å²) in [6.07, 6.45) is -2.83. The number of hydrogen-bond donors (Lipinski definition) is 1. The SMILES string of the molecule is CC(C)[C@@H](OC(N)=O)C(F)(F)c1cccc(-c2ccccc2)c1. The van der Waals surface area contributed by atoms with Crippen molar-refractivity contribution >= 4 is 6.09 Å². The fourth-order valence-corrected chi connectivity index (χ4v) is 2.45. The lowest BCUT2D eigenvalue weighted by molar-refractivity contribution is -0.133. The molecule has 0 radical (unpaired) electrons. The summed E-state index contributed by atoms with van der Waals surface area (Å²) in [4.78, 5) is 10.9. The van der Waals surface area contributed by atoms with Crippen LogP contribution in [-0.2, 0) is 10.7 Å². The molecule has 0 aromatic heterocycles. The minimum atomic E-state index is -3.34. The summed E-state index contributed by atoms with van der Waals surface area (Å²) < 4.78 is 34.3. The van der Waals surface area contributed by atoms with Crippen molar-refractivity contribution in [2.75, 3.05) is 0 Å². The van der Waals surface area contributed by atoms with Gasteiger partial charge in [-0.05, 0) is 23.1 Å². The Morgan fingerprint density at radius 2 is 1.65 bits per heavy atom. The number of ether oxygens (including phenoxy) is 1. The van der Waals surface area contributed by atoms with E-state index < -0.39 is 24.0 Å². The molecule has 0 heterocycles. The molecule has 0 fully saturated rings. The van der Waals surface area contributed by atoms with E-state index in [1.54, 1.807) is 26.0 Å². The molecule has 0 aliphatic rings. The molecule has 0 bridgehead atoms. The zero-order valence-electron chi connectivity index (χ0n) is 13.0. The monoisotopic (exact) mass is 319 g/mol. The Labute approximate surface area is 134 Å². The maximum Gasteiger partial charge on any atom is 0.405 e. The van der Waals surface area contributed by atoms with Gasteiger partial charge in [0.05, 0.1) is 0 Å². The van der Waals surface area contributed by atoms with E-state index in [9.17, 15) is 13.6 Å². The summed E-state index contributed by atoms with van der Waals surface area (Å²) in [5.74, 6) is -3.92. The van der Waals surface area contributed by atoms with Crippen LogP contribution in [0.25, 0.3) is 11.1 Å². The minimum Gasteiger partial charge on any atom is -0.439 e. The summed E-state index contributed by atoms with van der Waals surface area (Å²) in [7, 11) is 0. The van der Waals surface area contributed by atoms with Crippen LogP contribution in [-0.4, -0.2) is 12.2 Å². The Morgan fingerprint density at radius 1 is 1.04 bits per heavy atom. The fraction of sp³-hybridized carbons (Fsp3) is 0.278. The Kier molecular flexibility index (Phi) is 4.98. The van der Waals surface area contributed by atoms with Crippen molar-refractivity contribution in [3.8, 4) is 11.1 Å². The fourth-order valence-electron chi connectivity index (χ4n) is 2.45. The zero-order valence-corrected chi connectivity index (χ0v) is 13.0. The van der Waals surface area contributed by atoms with E-state index in [1.807, 2.05) is 30.3 Å². The average Bonchev–Trinajstić information content (AvgIpc) is 2.53. The number of amides is 1. The first-order valence-corrected chi connectivity index (χ1v) is 7.32. The van der Waals surface area contributed by atoms with Gasteiger partial charge in [0.1, 0.15) is 0 Å². The van der Waals surface area contributed by atoms with Crippen LogP contribution in [0.4, 0.5) is 13.6 Å². The van der Waals surface area contributed by atoms with Gasteiger partial charge in [-0.2, -0.15) is 8.78 Å². The van der Waals surface area contributed by atoms with Gasteiger partial charge in [-0.15, -0.1) is 0 Å². The number of rotatable bonds is 5. The number of halogens is 2. The van der Waals surface area contributed by atoms with E-state index in [4.69, 9.17) is 5.73 Å². The molecule has 0 saturated carbocycles. The van der Waals surface area contributed by atoms with Gasteiger partial charge in [0, 0.05) is 5.56 Å². The van der Waals surface area contributed by atoms with Crippen molar-refractivity contribution in [1.29, 1.82) is 0 Å². The molecular formula is C18H19F2NO2. The van der Waals surface area contributed by atoms with Crippen molar-refractivity contribution < 1.29 is 18.3 Å². The first kappa shape index (κ1) is 16.9. The van der Waals surface area contributed by atoms with E-state index in [2.05, 4.69) is 4.74 Å². The van der Waals surface area contributed by atoms with Crippen molar-refractivity contribution in [3.63, 3.8) is 0 Å². The number of benzene rings is 2. The maximum absolute atomic E-state index is 14.8. The van der Waals surface area contributed by atoms with E-state index in [-0.39, 0.29) is 5.56 Å². The zero-order chi connectivity index (χ0) is 17.0. The third-order valence-electron chi connectivity index (χ3n) is 3.56. The van der Waals surface area contributed by atoms with Crippen LogP contribution in [0.1, 0.15) is 19.4 Å². The second kappa shape index (κ2) is 6.77. The number of hydrogen-bond acceptors (Lipinski definition) is 2. The highest BCUT2D eigenvalue weighted by Gasteiger charge is 2.46. The number of alkyl halides is 2. The predicted molar refractivity (Wildman–Crippen MR) is 85.1 cm³/mol. The third-order valence-corrected chi connectivity index (χ3v) is 3.56. The first-order chi connectivity index (χ1) is 10.8. The summed E-state index contributed by atoms with van der Waals surface area (Å²) in [6, 6.07) is 15.3. The van der Waals surface area contributed by atoms with Crippen LogP contribution < -0.4 is 5.73 Å². The highest BCUT2D eigenvalue weighted by Crippen LogP contribution is 2.38. The molecule has 23 heavy (non-hydrogen) atoms. The van der Waals surface area contributed by atoms with Gasteiger partial charge < -0.3 is 10.5 Å². The topological polar surface area (TPSA) is 52.3 Å². The Morgan fingerprint density at radius 3 is 2.22 bits per heavy atom. The highest BCUT2D eigenvalue weighted by atomic mass is 19.3. The summed E-state index contributed by atoms with van der Waals surface area (Å²) in [5.41, 5.74) is 6.23. The summed E-state index contributed by atoms with van der Waals surface area (Å²) in [6.45, 7) is 3.12. The van der Waals surface area contributed by atoms with Crippen LogP contribution in [0, 0.1) is 5.92 Å². The first-order valence-electron chi connectivity index (χ1n) is 7.32. The normalized spacial score (nSPS) is 12.9. The standard InChI is InChI=1S/C18H19F2NO2/c1-12(2)16(23-17(21)22)18(19,20)15-10-6-9-14(11-15)13-7-4-3-5-8-13/h3-12,16H,1-2H3,(H2,21,22)/t16-/m1/s1. The van der Waals surface area contributed by atoms with E-state index in [1.165, 1.54) is 12.1 Å². The lowest BCUT2D eigenvalue weighted by Crippen LogP contribution is -2.40. The largest absolute Gasteiger partial charge is 0.439 e. The molecule has 0 aliphatic heterocycles. The van der Waals surface area contributed by atoms with Gasteiger partial charge in [0.25, 0.3) is 0 Å². The third kappa shape index (κ3) is 3.86. The van der Waals surface area contributed by atoms with Crippen LogP contribution in [0.15, 0.2) is 54.6 Å². The second-order valence-electron chi connectivity index (χ2n) is 5.67. The van der Waals surface area contributed by atoms with Crippen LogP contribution in [0.3, 0.4) is 0 Å². The van der Waals surface area contributed by atoms with Crippen molar-refractivity contribution in [3.05, 3.63) is 60.2 Å². The highest BCUT2D eigenvalue weighted by molar-refractivity contribution is 5.65.